The lowest BCUT2D eigenvalue weighted by Gasteiger charge is -2.10. The first-order valence-electron chi connectivity index (χ1n) is 6.69. The number of aromatic nitrogens is 1. The van der Waals surface area contributed by atoms with Crippen LogP contribution in [0.25, 0.3) is 0 Å². The average Bonchev–Trinajstić information content (AvgIpc) is 2.43. The number of carbonyl (C=O) groups excluding carboxylic acids is 1. The van der Waals surface area contributed by atoms with Crippen LogP contribution in [-0.2, 0) is 4.84 Å². The van der Waals surface area contributed by atoms with Crippen LogP contribution in [0.15, 0.2) is 11.4 Å². The van der Waals surface area contributed by atoms with E-state index in [1.54, 1.807) is 0 Å². The number of ether oxygens (including phenoxy) is 1. The quantitative estimate of drug-likeness (QED) is 0.313. The Hall–Kier alpha value is -2.58. The highest BCUT2D eigenvalue weighted by Gasteiger charge is 2.24. The van der Waals surface area contributed by atoms with Gasteiger partial charge in [0, 0.05) is 6.07 Å². The van der Waals surface area contributed by atoms with Gasteiger partial charge < -0.3 is 4.74 Å². The molecule has 22 heavy (non-hydrogen) atoms. The Morgan fingerprint density at radius 1 is 1.50 bits per heavy atom. The summed E-state index contributed by atoms with van der Waals surface area (Å²) in [4.78, 5) is 39.8. The number of nitrogens with zero attached hydrogens (tertiary/aromatic N) is 3. The second-order valence-corrected chi connectivity index (χ2v) is 5.04. The predicted molar refractivity (Wildman–Crippen MR) is 76.4 cm³/mol. The summed E-state index contributed by atoms with van der Waals surface area (Å²) in [6, 6.07) is 0.966. The molecule has 0 fully saturated rings. The van der Waals surface area contributed by atoms with Gasteiger partial charge >= 0.3 is 5.97 Å². The monoisotopic (exact) mass is 311 g/mol. The van der Waals surface area contributed by atoms with Crippen molar-refractivity contribution >= 4 is 11.7 Å². The van der Waals surface area contributed by atoms with Crippen molar-refractivity contribution in [2.45, 2.75) is 33.6 Å². The second-order valence-electron chi connectivity index (χ2n) is 5.04. The smallest absolute Gasteiger partial charge is 0.374 e. The van der Waals surface area contributed by atoms with Crippen LogP contribution in [0.2, 0.25) is 0 Å². The largest absolute Gasteiger partial charge is 0.477 e. The molecule has 1 aromatic heterocycles. The van der Waals surface area contributed by atoms with Gasteiger partial charge in [0.15, 0.2) is 5.34 Å². The molecule has 120 valence electrons. The third-order valence-corrected chi connectivity index (χ3v) is 2.85. The Kier molecular flexibility index (Phi) is 6.36. The van der Waals surface area contributed by atoms with Crippen LogP contribution in [0, 0.1) is 27.9 Å². The molecular formula is C13H17N3O6. The molecule has 0 aromatic carbocycles. The number of nitro groups is 1. The molecule has 1 heterocycles. The summed E-state index contributed by atoms with van der Waals surface area (Å²) in [7, 11) is 0. The normalized spacial score (nSPS) is 10.4. The van der Waals surface area contributed by atoms with E-state index in [0.717, 1.165) is 18.9 Å². The Labute approximate surface area is 126 Å². The maximum Gasteiger partial charge on any atom is 0.374 e. The summed E-state index contributed by atoms with van der Waals surface area (Å²) in [5.41, 5.74) is -0.576. The minimum atomic E-state index is -1.15. The summed E-state index contributed by atoms with van der Waals surface area (Å²) in [5.74, 6) is -0.760. The molecule has 0 aliphatic carbocycles. The molecule has 1 aromatic rings. The molecule has 0 saturated carbocycles. The summed E-state index contributed by atoms with van der Waals surface area (Å²) in [6.45, 7) is 5.84. The number of hydrogen-bond acceptors (Lipinski definition) is 8. The van der Waals surface area contributed by atoms with E-state index in [-0.39, 0.29) is 29.4 Å². The highest BCUT2D eigenvalue weighted by Crippen LogP contribution is 2.26. The Bertz CT molecular complexity index is 573. The first kappa shape index (κ1) is 17.5. The number of carbonyl (C=O) groups is 1. The van der Waals surface area contributed by atoms with E-state index < -0.39 is 10.9 Å². The van der Waals surface area contributed by atoms with E-state index in [2.05, 4.69) is 23.7 Å². The van der Waals surface area contributed by atoms with E-state index in [1.165, 1.54) is 6.92 Å². The zero-order valence-electron chi connectivity index (χ0n) is 12.6. The van der Waals surface area contributed by atoms with Gasteiger partial charge in [0.25, 0.3) is 5.69 Å². The SMILES string of the molecule is Cc1nc(OCCCC(C)C)c(C(=O)ON=O)cc1[N+](=O)[O-]. The predicted octanol–water partition coefficient (Wildman–Crippen LogP) is 2.95. The third-order valence-electron chi connectivity index (χ3n) is 2.85. The molecule has 0 unspecified atom stereocenters. The fraction of sp³-hybridized carbons (Fsp3) is 0.538. The highest BCUT2D eigenvalue weighted by atomic mass is 16.7. The molecule has 0 saturated heterocycles. The second kappa shape index (κ2) is 8.01. The van der Waals surface area contributed by atoms with Gasteiger partial charge in [-0.05, 0) is 25.7 Å². The van der Waals surface area contributed by atoms with Crippen LogP contribution >= 0.6 is 0 Å². The fourth-order valence-electron chi connectivity index (χ4n) is 1.76. The van der Waals surface area contributed by atoms with Crippen molar-refractivity contribution in [2.75, 3.05) is 6.61 Å². The van der Waals surface area contributed by atoms with Crippen LogP contribution in [-0.4, -0.2) is 22.5 Å². The number of rotatable bonds is 8. The van der Waals surface area contributed by atoms with Crippen LogP contribution in [0.4, 0.5) is 5.69 Å². The summed E-state index contributed by atoms with van der Waals surface area (Å²) >= 11 is 0. The van der Waals surface area contributed by atoms with Gasteiger partial charge in [0.1, 0.15) is 11.3 Å². The lowest BCUT2D eigenvalue weighted by atomic mass is 10.1. The molecule has 0 bridgehead atoms. The average molecular weight is 311 g/mol. The minimum Gasteiger partial charge on any atom is -0.477 e. The van der Waals surface area contributed by atoms with Crippen molar-refractivity contribution in [1.29, 1.82) is 0 Å². The lowest BCUT2D eigenvalue weighted by molar-refractivity contribution is -0.385. The van der Waals surface area contributed by atoms with Gasteiger partial charge in [-0.1, -0.05) is 13.8 Å². The number of aryl methyl sites for hydroxylation is 1. The molecular weight excluding hydrogens is 294 g/mol. The van der Waals surface area contributed by atoms with Crippen molar-refractivity contribution in [3.63, 3.8) is 0 Å². The minimum absolute atomic E-state index is 0.0967. The summed E-state index contributed by atoms with van der Waals surface area (Å²) in [5, 5.41) is 12.9. The van der Waals surface area contributed by atoms with Gasteiger partial charge in [0.2, 0.25) is 5.88 Å². The highest BCUT2D eigenvalue weighted by molar-refractivity contribution is 5.92. The molecule has 0 radical (unpaired) electrons. The zero-order valence-corrected chi connectivity index (χ0v) is 12.6. The Morgan fingerprint density at radius 2 is 2.18 bits per heavy atom. The van der Waals surface area contributed by atoms with Crippen LogP contribution in [0.1, 0.15) is 42.7 Å². The van der Waals surface area contributed by atoms with Crippen molar-refractivity contribution in [3.05, 3.63) is 32.3 Å². The van der Waals surface area contributed by atoms with E-state index in [9.17, 15) is 19.8 Å². The van der Waals surface area contributed by atoms with E-state index in [1.807, 2.05) is 5.34 Å². The van der Waals surface area contributed by atoms with Crippen molar-refractivity contribution in [3.8, 4) is 5.88 Å². The molecule has 0 aliphatic rings. The van der Waals surface area contributed by atoms with Gasteiger partial charge in [-0.25, -0.2) is 9.78 Å². The number of pyridine rings is 1. The number of hydrogen-bond donors (Lipinski definition) is 0. The maximum atomic E-state index is 11.6. The molecule has 0 atom stereocenters. The van der Waals surface area contributed by atoms with Gasteiger partial charge in [0.05, 0.1) is 11.5 Å². The lowest BCUT2D eigenvalue weighted by Crippen LogP contribution is -2.10. The zero-order chi connectivity index (χ0) is 16.7. The van der Waals surface area contributed by atoms with Crippen molar-refractivity contribution in [1.82, 2.24) is 4.98 Å². The van der Waals surface area contributed by atoms with Crippen LogP contribution in [0.3, 0.4) is 0 Å². The molecule has 0 amide bonds. The van der Waals surface area contributed by atoms with E-state index >= 15 is 0 Å². The molecule has 0 N–H and O–H groups in total. The van der Waals surface area contributed by atoms with Crippen molar-refractivity contribution in [2.24, 2.45) is 11.3 Å². The van der Waals surface area contributed by atoms with Gasteiger partial charge in [-0.3, -0.25) is 15.0 Å². The van der Waals surface area contributed by atoms with Crippen molar-refractivity contribution < 1.29 is 19.3 Å². The third kappa shape index (κ3) is 4.76. The van der Waals surface area contributed by atoms with Gasteiger partial charge in [-0.2, -0.15) is 0 Å². The first-order chi connectivity index (χ1) is 10.4. The molecule has 0 spiro atoms. The summed E-state index contributed by atoms with van der Waals surface area (Å²) in [6.07, 6.45) is 1.65. The Balaban J connectivity index is 3.02. The van der Waals surface area contributed by atoms with E-state index in [0.29, 0.717) is 5.92 Å². The summed E-state index contributed by atoms with van der Waals surface area (Å²) < 4.78 is 5.39. The maximum absolute atomic E-state index is 11.6. The molecule has 9 heteroatoms. The Morgan fingerprint density at radius 3 is 2.73 bits per heavy atom. The molecule has 1 rings (SSSR count). The topological polar surface area (TPSA) is 121 Å². The van der Waals surface area contributed by atoms with Crippen LogP contribution < -0.4 is 4.74 Å². The molecule has 9 nitrogen and oxygen atoms in total. The van der Waals surface area contributed by atoms with E-state index in [4.69, 9.17) is 4.74 Å². The standard InChI is InChI=1S/C13H17N3O6/c1-8(2)5-4-6-21-12-10(13(17)22-15-18)7-11(16(19)20)9(3)14-12/h7-8H,4-6H2,1-3H3. The first-order valence-corrected chi connectivity index (χ1v) is 6.69. The molecule has 0 aliphatic heterocycles. The fourth-order valence-corrected chi connectivity index (χ4v) is 1.76. The van der Waals surface area contributed by atoms with Gasteiger partial charge in [-0.15, -0.1) is 4.91 Å². The van der Waals surface area contributed by atoms with Crippen LogP contribution in [0.5, 0.6) is 5.88 Å².